The molecule has 2 unspecified atom stereocenters. The van der Waals surface area contributed by atoms with Crippen LogP contribution < -0.4 is 10.5 Å². The van der Waals surface area contributed by atoms with Crippen LogP contribution in [-0.4, -0.2) is 30.4 Å². The lowest BCUT2D eigenvalue weighted by Crippen LogP contribution is -2.38. The number of nitrogens with two attached hydrogens (primary N) is 1. The molecule has 20 heavy (non-hydrogen) atoms. The third kappa shape index (κ3) is 3.58. The van der Waals surface area contributed by atoms with Gasteiger partial charge in [-0.25, -0.2) is 18.1 Å². The van der Waals surface area contributed by atoms with E-state index in [1.54, 1.807) is 11.8 Å². The largest absolute Gasteiger partial charge is 0.382 e. The molecule has 3 N–H and O–H groups in total. The van der Waals surface area contributed by atoms with Gasteiger partial charge in [-0.1, -0.05) is 24.9 Å². The van der Waals surface area contributed by atoms with E-state index in [1.807, 2.05) is 0 Å². The molecule has 0 aromatic carbocycles. The summed E-state index contributed by atoms with van der Waals surface area (Å²) in [5.41, 5.74) is 5.50. The quantitative estimate of drug-likeness (QED) is 0.862. The van der Waals surface area contributed by atoms with Crippen molar-refractivity contribution in [3.8, 4) is 0 Å². The zero-order valence-electron chi connectivity index (χ0n) is 11.2. The number of pyridine rings is 1. The van der Waals surface area contributed by atoms with Gasteiger partial charge < -0.3 is 5.73 Å². The van der Waals surface area contributed by atoms with Crippen LogP contribution in [0.1, 0.15) is 26.2 Å². The number of thioether (sulfide) groups is 1. The number of aromatic nitrogens is 1. The fourth-order valence-corrected chi connectivity index (χ4v) is 5.12. The minimum Gasteiger partial charge on any atom is -0.382 e. The van der Waals surface area contributed by atoms with Crippen molar-refractivity contribution in [2.75, 3.05) is 11.5 Å². The molecular weight excluding hydrogens is 318 g/mol. The van der Waals surface area contributed by atoms with E-state index in [4.69, 9.17) is 17.3 Å². The molecule has 1 aliphatic carbocycles. The Labute approximate surface area is 128 Å². The van der Waals surface area contributed by atoms with Gasteiger partial charge in [0.15, 0.2) is 0 Å². The Hall–Kier alpha value is -0.500. The number of nitrogens with zero attached hydrogens (tertiary/aromatic N) is 1. The first-order valence-corrected chi connectivity index (χ1v) is 9.40. The van der Waals surface area contributed by atoms with Gasteiger partial charge in [-0.05, 0) is 24.7 Å². The third-order valence-corrected chi connectivity index (χ3v) is 6.38. The van der Waals surface area contributed by atoms with Gasteiger partial charge in [0.05, 0.1) is 5.02 Å². The fraction of sp³-hybridized carbons (Fsp3) is 0.583. The van der Waals surface area contributed by atoms with Gasteiger partial charge in [0, 0.05) is 17.5 Å². The fourth-order valence-electron chi connectivity index (χ4n) is 2.32. The summed E-state index contributed by atoms with van der Waals surface area (Å²) in [4.78, 5) is 3.86. The van der Waals surface area contributed by atoms with Gasteiger partial charge in [0.1, 0.15) is 10.7 Å². The lowest BCUT2D eigenvalue weighted by atomic mass is 10.3. The number of sulfonamides is 1. The zero-order chi connectivity index (χ0) is 14.8. The van der Waals surface area contributed by atoms with Crippen LogP contribution in [0, 0.1) is 0 Å². The molecule has 2 rings (SSSR count). The molecule has 0 saturated heterocycles. The molecule has 0 spiro atoms. The van der Waals surface area contributed by atoms with Crippen LogP contribution in [0.3, 0.4) is 0 Å². The van der Waals surface area contributed by atoms with Gasteiger partial charge >= 0.3 is 0 Å². The van der Waals surface area contributed by atoms with Crippen LogP contribution in [-0.2, 0) is 10.0 Å². The van der Waals surface area contributed by atoms with Crippen molar-refractivity contribution in [1.29, 1.82) is 0 Å². The van der Waals surface area contributed by atoms with E-state index in [9.17, 15) is 8.42 Å². The monoisotopic (exact) mass is 335 g/mol. The summed E-state index contributed by atoms with van der Waals surface area (Å²) in [6, 6.07) is 1.31. The first-order valence-electron chi connectivity index (χ1n) is 6.49. The molecule has 2 atom stereocenters. The number of rotatable bonds is 5. The number of hydrogen-bond donors (Lipinski definition) is 2. The lowest BCUT2D eigenvalue weighted by Gasteiger charge is -2.20. The topological polar surface area (TPSA) is 85.1 Å². The lowest BCUT2D eigenvalue weighted by molar-refractivity contribution is 0.555. The molecule has 1 heterocycles. The van der Waals surface area contributed by atoms with E-state index >= 15 is 0 Å². The van der Waals surface area contributed by atoms with E-state index in [1.165, 1.54) is 12.3 Å². The Kier molecular flexibility index (Phi) is 5.17. The Bertz CT molecular complexity index is 580. The Morgan fingerprint density at radius 2 is 2.30 bits per heavy atom. The molecule has 5 nitrogen and oxygen atoms in total. The summed E-state index contributed by atoms with van der Waals surface area (Å²) in [7, 11) is -3.60. The number of nitrogen functional groups attached to an aromatic ring is 1. The van der Waals surface area contributed by atoms with Gasteiger partial charge in [0.2, 0.25) is 10.0 Å². The molecule has 112 valence electrons. The minimum atomic E-state index is -3.60. The van der Waals surface area contributed by atoms with Gasteiger partial charge in [-0.15, -0.1) is 0 Å². The maximum Gasteiger partial charge on any atom is 0.242 e. The zero-order valence-corrected chi connectivity index (χ0v) is 13.6. The van der Waals surface area contributed by atoms with Crippen LogP contribution in [0.4, 0.5) is 5.82 Å². The van der Waals surface area contributed by atoms with Crippen molar-refractivity contribution in [1.82, 2.24) is 9.71 Å². The SMILES string of the molecule is CCSC1CCCC1NS(=O)(=O)c1cnc(N)c(Cl)c1. The maximum absolute atomic E-state index is 12.3. The molecule has 1 aromatic rings. The number of nitrogens with one attached hydrogen (secondary N) is 1. The van der Waals surface area contributed by atoms with Crippen molar-refractivity contribution < 1.29 is 8.42 Å². The highest BCUT2D eigenvalue weighted by Gasteiger charge is 2.31. The smallest absolute Gasteiger partial charge is 0.242 e. The van der Waals surface area contributed by atoms with Crippen LogP contribution in [0.15, 0.2) is 17.2 Å². The predicted octanol–water partition coefficient (Wildman–Crippen LogP) is 2.27. The van der Waals surface area contributed by atoms with E-state index in [2.05, 4.69) is 16.6 Å². The van der Waals surface area contributed by atoms with E-state index in [-0.39, 0.29) is 21.8 Å². The molecular formula is C12H18ClN3O2S2. The van der Waals surface area contributed by atoms with E-state index in [0.29, 0.717) is 5.25 Å². The highest BCUT2D eigenvalue weighted by molar-refractivity contribution is 8.00. The van der Waals surface area contributed by atoms with Crippen LogP contribution in [0.25, 0.3) is 0 Å². The molecule has 8 heteroatoms. The van der Waals surface area contributed by atoms with Gasteiger partial charge in [0.25, 0.3) is 0 Å². The summed E-state index contributed by atoms with van der Waals surface area (Å²) >= 11 is 7.63. The average molecular weight is 336 g/mol. The maximum atomic E-state index is 12.3. The van der Waals surface area contributed by atoms with E-state index < -0.39 is 10.0 Å². The summed E-state index contributed by atoms with van der Waals surface area (Å²) < 4.78 is 27.4. The van der Waals surface area contributed by atoms with Crippen molar-refractivity contribution >= 4 is 39.2 Å². The standard InChI is InChI=1S/C12H18ClN3O2S2/c1-2-19-11-5-3-4-10(11)16-20(17,18)8-6-9(13)12(14)15-7-8/h6-7,10-11,16H,2-5H2,1H3,(H2,14,15). The predicted molar refractivity (Wildman–Crippen MR) is 83.5 cm³/mol. The first-order chi connectivity index (χ1) is 9.44. The van der Waals surface area contributed by atoms with Crippen molar-refractivity contribution in [2.45, 2.75) is 42.4 Å². The second kappa shape index (κ2) is 6.51. The van der Waals surface area contributed by atoms with Crippen LogP contribution >= 0.6 is 23.4 Å². The molecule has 1 saturated carbocycles. The highest BCUT2D eigenvalue weighted by atomic mass is 35.5. The Morgan fingerprint density at radius 1 is 1.55 bits per heavy atom. The van der Waals surface area contributed by atoms with Crippen LogP contribution in [0.2, 0.25) is 5.02 Å². The van der Waals surface area contributed by atoms with Crippen LogP contribution in [0.5, 0.6) is 0 Å². The second-order valence-corrected chi connectivity index (χ2v) is 8.33. The first kappa shape index (κ1) is 15.9. The number of halogens is 1. The molecule has 1 aromatic heterocycles. The van der Waals surface area contributed by atoms with Crippen molar-refractivity contribution in [2.24, 2.45) is 0 Å². The summed E-state index contributed by atoms with van der Waals surface area (Å²) in [5.74, 6) is 1.11. The molecule has 0 aliphatic heterocycles. The van der Waals surface area contributed by atoms with Crippen molar-refractivity contribution in [3.05, 3.63) is 17.3 Å². The van der Waals surface area contributed by atoms with Gasteiger partial charge in [-0.3, -0.25) is 0 Å². The highest BCUT2D eigenvalue weighted by Crippen LogP contribution is 2.31. The summed E-state index contributed by atoms with van der Waals surface area (Å²) in [6.45, 7) is 2.08. The Balaban J connectivity index is 2.16. The number of hydrogen-bond acceptors (Lipinski definition) is 5. The number of anilines is 1. The molecule has 0 radical (unpaired) electrons. The normalized spacial score (nSPS) is 23.1. The summed E-state index contributed by atoms with van der Waals surface area (Å²) in [6.07, 6.45) is 4.20. The summed E-state index contributed by atoms with van der Waals surface area (Å²) in [5, 5.41) is 0.491. The second-order valence-electron chi connectivity index (χ2n) is 4.69. The van der Waals surface area contributed by atoms with E-state index in [0.717, 1.165) is 25.0 Å². The molecule has 0 bridgehead atoms. The van der Waals surface area contributed by atoms with Crippen molar-refractivity contribution in [3.63, 3.8) is 0 Å². The minimum absolute atomic E-state index is 0.0266. The third-order valence-electron chi connectivity index (χ3n) is 3.29. The Morgan fingerprint density at radius 3 is 2.95 bits per heavy atom. The molecule has 1 fully saturated rings. The average Bonchev–Trinajstić information content (AvgIpc) is 2.80. The van der Waals surface area contributed by atoms with Gasteiger partial charge in [-0.2, -0.15) is 11.8 Å². The molecule has 1 aliphatic rings. The molecule has 0 amide bonds.